The molecule has 158 valence electrons. The number of esters is 1. The first-order chi connectivity index (χ1) is 14.9. The van der Waals surface area contributed by atoms with Crippen LogP contribution in [0.3, 0.4) is 0 Å². The third kappa shape index (κ3) is 4.78. The highest BCUT2D eigenvalue weighted by Gasteiger charge is 2.43. The molecule has 3 amide bonds. The summed E-state index contributed by atoms with van der Waals surface area (Å²) in [4.78, 5) is 53.1. The number of fused-ring (bicyclic) bond motifs is 1. The van der Waals surface area contributed by atoms with E-state index in [2.05, 4.69) is 0 Å². The summed E-state index contributed by atoms with van der Waals surface area (Å²) in [6, 6.07) is 16.0. The van der Waals surface area contributed by atoms with Crippen LogP contribution >= 0.6 is 0 Å². The molecule has 0 aromatic heterocycles. The van der Waals surface area contributed by atoms with Crippen LogP contribution in [0.25, 0.3) is 0 Å². The quantitative estimate of drug-likeness (QED) is 0.477. The lowest BCUT2D eigenvalue weighted by Crippen LogP contribution is -2.47. The molecule has 1 aliphatic rings. The van der Waals surface area contributed by atoms with Crippen molar-refractivity contribution in [2.75, 3.05) is 20.2 Å². The van der Waals surface area contributed by atoms with E-state index in [1.54, 1.807) is 36.4 Å². The largest absolute Gasteiger partial charge is 0.454 e. The Morgan fingerprint density at radius 2 is 1.61 bits per heavy atom. The molecule has 0 bridgehead atoms. The van der Waals surface area contributed by atoms with Gasteiger partial charge in [0, 0.05) is 20.0 Å². The maximum Gasteiger partial charge on any atom is 0.330 e. The highest BCUT2D eigenvalue weighted by atomic mass is 16.5. The molecule has 3 rings (SSSR count). The van der Waals surface area contributed by atoms with E-state index in [0.29, 0.717) is 0 Å². The molecule has 0 radical (unpaired) electrons. The molecule has 0 unspecified atom stereocenters. The van der Waals surface area contributed by atoms with E-state index in [0.717, 1.165) is 10.5 Å². The topological polar surface area (TPSA) is 108 Å². The molecule has 8 heteroatoms. The minimum Gasteiger partial charge on any atom is -0.454 e. The molecule has 0 saturated heterocycles. The molecule has 0 fully saturated rings. The van der Waals surface area contributed by atoms with Gasteiger partial charge in [0.1, 0.15) is 6.04 Å². The van der Waals surface area contributed by atoms with Crippen molar-refractivity contribution >= 4 is 23.7 Å². The summed E-state index contributed by atoms with van der Waals surface area (Å²) in [5.41, 5.74) is 1.19. The summed E-state index contributed by atoms with van der Waals surface area (Å²) in [7, 11) is 1.50. The molecule has 0 saturated carbocycles. The fourth-order valence-electron chi connectivity index (χ4n) is 3.29. The smallest absolute Gasteiger partial charge is 0.330 e. The molecule has 8 nitrogen and oxygen atoms in total. The summed E-state index contributed by atoms with van der Waals surface area (Å²) in [5.74, 6) is -2.48. The number of nitriles is 1. The van der Waals surface area contributed by atoms with Crippen LogP contribution in [0.1, 0.15) is 32.7 Å². The number of nitrogens with zero attached hydrogens (tertiary/aromatic N) is 3. The third-order valence-electron chi connectivity index (χ3n) is 5.00. The molecule has 2 aromatic rings. The summed E-state index contributed by atoms with van der Waals surface area (Å²) in [6.07, 6.45) is 0.214. The van der Waals surface area contributed by atoms with Crippen molar-refractivity contribution in [3.8, 4) is 6.07 Å². The van der Waals surface area contributed by atoms with Gasteiger partial charge in [-0.15, -0.1) is 0 Å². The lowest BCUT2D eigenvalue weighted by atomic mass is 10.0. The van der Waals surface area contributed by atoms with Crippen LogP contribution < -0.4 is 0 Å². The number of rotatable bonds is 8. The monoisotopic (exact) mass is 419 g/mol. The average molecular weight is 419 g/mol. The van der Waals surface area contributed by atoms with Gasteiger partial charge in [-0.25, -0.2) is 4.79 Å². The Balaban J connectivity index is 1.80. The SMILES string of the molecule is CN(CCC#N)C(=O)COC(=O)[C@H](Cc1ccccc1)N1C(=O)c2ccccc2C1=O. The highest BCUT2D eigenvalue weighted by molar-refractivity contribution is 6.22. The van der Waals surface area contributed by atoms with Gasteiger partial charge in [0.05, 0.1) is 23.6 Å². The van der Waals surface area contributed by atoms with Crippen molar-refractivity contribution in [2.24, 2.45) is 0 Å². The zero-order valence-electron chi connectivity index (χ0n) is 17.0. The van der Waals surface area contributed by atoms with E-state index < -0.39 is 36.3 Å². The molecule has 0 spiro atoms. The maximum atomic E-state index is 12.9. The van der Waals surface area contributed by atoms with Crippen molar-refractivity contribution in [3.05, 3.63) is 71.3 Å². The average Bonchev–Trinajstić information content (AvgIpc) is 3.04. The zero-order chi connectivity index (χ0) is 22.4. The molecular formula is C23H21N3O5. The van der Waals surface area contributed by atoms with Gasteiger partial charge < -0.3 is 9.64 Å². The first-order valence-corrected chi connectivity index (χ1v) is 9.72. The third-order valence-corrected chi connectivity index (χ3v) is 5.00. The predicted octanol–water partition coefficient (Wildman–Crippen LogP) is 1.81. The number of amides is 3. The van der Waals surface area contributed by atoms with Crippen LogP contribution in [-0.2, 0) is 20.7 Å². The van der Waals surface area contributed by atoms with E-state index in [1.807, 2.05) is 12.1 Å². The van der Waals surface area contributed by atoms with Crippen LogP contribution in [0.4, 0.5) is 0 Å². The number of imide groups is 1. The fourth-order valence-corrected chi connectivity index (χ4v) is 3.29. The molecule has 1 heterocycles. The van der Waals surface area contributed by atoms with Crippen LogP contribution in [0.5, 0.6) is 0 Å². The van der Waals surface area contributed by atoms with E-state index in [9.17, 15) is 19.2 Å². The van der Waals surface area contributed by atoms with Gasteiger partial charge in [0.15, 0.2) is 6.61 Å². The van der Waals surface area contributed by atoms with Gasteiger partial charge >= 0.3 is 5.97 Å². The Kier molecular flexibility index (Phi) is 6.78. The number of benzene rings is 2. The van der Waals surface area contributed by atoms with Gasteiger partial charge in [0.25, 0.3) is 17.7 Å². The Morgan fingerprint density at radius 1 is 1.03 bits per heavy atom. The number of ether oxygens (including phenoxy) is 1. The van der Waals surface area contributed by atoms with Crippen molar-refractivity contribution in [3.63, 3.8) is 0 Å². The Hall–Kier alpha value is -3.99. The molecule has 1 aliphatic heterocycles. The lowest BCUT2D eigenvalue weighted by Gasteiger charge is -2.25. The van der Waals surface area contributed by atoms with E-state index in [-0.39, 0.29) is 30.5 Å². The number of hydrogen-bond donors (Lipinski definition) is 0. The van der Waals surface area contributed by atoms with Crippen LogP contribution in [0, 0.1) is 11.3 Å². The normalized spacial score (nSPS) is 13.4. The van der Waals surface area contributed by atoms with Gasteiger partial charge in [-0.2, -0.15) is 5.26 Å². The lowest BCUT2D eigenvalue weighted by molar-refractivity contribution is -0.154. The molecule has 0 aliphatic carbocycles. The summed E-state index contributed by atoms with van der Waals surface area (Å²) in [6.45, 7) is -0.339. The van der Waals surface area contributed by atoms with Crippen molar-refractivity contribution in [1.29, 1.82) is 5.26 Å². The zero-order valence-corrected chi connectivity index (χ0v) is 17.0. The number of hydrogen-bond acceptors (Lipinski definition) is 6. The minimum absolute atomic E-state index is 0.0591. The second-order valence-electron chi connectivity index (χ2n) is 7.06. The van der Waals surface area contributed by atoms with Gasteiger partial charge in [0.2, 0.25) is 0 Å². The molecule has 31 heavy (non-hydrogen) atoms. The number of likely N-dealkylation sites (N-methyl/N-ethyl adjacent to an activating group) is 1. The van der Waals surface area contributed by atoms with E-state index >= 15 is 0 Å². The standard InChI is InChI=1S/C23H21N3O5/c1-25(13-7-12-24)20(27)15-31-23(30)19(14-16-8-3-2-4-9-16)26-21(28)17-10-5-6-11-18(17)22(26)29/h2-6,8-11,19H,7,13-15H2,1H3/t19-/m0/s1. The maximum absolute atomic E-state index is 12.9. The van der Waals surface area contributed by atoms with E-state index in [4.69, 9.17) is 10.00 Å². The Morgan fingerprint density at radius 3 is 2.19 bits per heavy atom. The Bertz CT molecular complexity index is 1010. The summed E-state index contributed by atoms with van der Waals surface area (Å²) in [5, 5.41) is 8.63. The van der Waals surface area contributed by atoms with Crippen LogP contribution in [-0.4, -0.2) is 59.7 Å². The fraction of sp³-hybridized carbons (Fsp3) is 0.261. The van der Waals surface area contributed by atoms with Gasteiger partial charge in [-0.3, -0.25) is 19.3 Å². The summed E-state index contributed by atoms with van der Waals surface area (Å²) >= 11 is 0. The second-order valence-corrected chi connectivity index (χ2v) is 7.06. The second kappa shape index (κ2) is 9.67. The van der Waals surface area contributed by atoms with Crippen molar-refractivity contribution < 1.29 is 23.9 Å². The molecule has 2 aromatic carbocycles. The minimum atomic E-state index is -1.22. The van der Waals surface area contributed by atoms with Crippen molar-refractivity contribution in [2.45, 2.75) is 18.9 Å². The number of carbonyl (C=O) groups is 4. The molecule has 1 atom stereocenters. The van der Waals surface area contributed by atoms with Gasteiger partial charge in [-0.1, -0.05) is 42.5 Å². The van der Waals surface area contributed by atoms with Crippen molar-refractivity contribution in [1.82, 2.24) is 9.80 Å². The number of carbonyl (C=O) groups excluding carboxylic acids is 4. The Labute approximate surface area is 179 Å². The highest BCUT2D eigenvalue weighted by Crippen LogP contribution is 2.26. The molecular weight excluding hydrogens is 398 g/mol. The predicted molar refractivity (Wildman–Crippen MR) is 110 cm³/mol. The van der Waals surface area contributed by atoms with Gasteiger partial charge in [-0.05, 0) is 17.7 Å². The molecule has 0 N–H and O–H groups in total. The first kappa shape index (κ1) is 21.7. The summed E-state index contributed by atoms with van der Waals surface area (Å²) < 4.78 is 5.19. The van der Waals surface area contributed by atoms with E-state index in [1.165, 1.54) is 24.1 Å². The first-order valence-electron chi connectivity index (χ1n) is 9.72. The van der Waals surface area contributed by atoms with Crippen LogP contribution in [0.15, 0.2) is 54.6 Å². The van der Waals surface area contributed by atoms with Crippen LogP contribution in [0.2, 0.25) is 0 Å².